The minimum atomic E-state index is -0.650. The lowest BCUT2D eigenvalue weighted by Gasteiger charge is -2.42. The number of nitrogens with one attached hydrogen (secondary N) is 1. The number of piperazine rings is 1. The summed E-state index contributed by atoms with van der Waals surface area (Å²) in [6.07, 6.45) is 5.11. The maximum absolute atomic E-state index is 12.6. The summed E-state index contributed by atoms with van der Waals surface area (Å²) in [5, 5.41) is 2.91. The number of carbonyl (C=O) groups is 2. The Labute approximate surface area is 113 Å². The van der Waals surface area contributed by atoms with Gasteiger partial charge < -0.3 is 10.2 Å². The second-order valence-electron chi connectivity index (χ2n) is 5.59. The lowest BCUT2D eigenvalue weighted by Crippen LogP contribution is -2.67. The highest BCUT2D eigenvalue weighted by molar-refractivity contribution is 7.98. The van der Waals surface area contributed by atoms with Crippen LogP contribution in [0, 0.1) is 5.92 Å². The molecule has 2 rings (SSSR count). The molecule has 0 aromatic heterocycles. The third kappa shape index (κ3) is 2.51. The van der Waals surface area contributed by atoms with Crippen LogP contribution in [-0.4, -0.2) is 46.8 Å². The van der Waals surface area contributed by atoms with Gasteiger partial charge in [0.05, 0.1) is 6.54 Å². The monoisotopic (exact) mass is 270 g/mol. The SMILES string of the molecule is CSCCC(C)N1CC(=O)NC(C)(C2CC2)C1=O. The van der Waals surface area contributed by atoms with E-state index in [9.17, 15) is 9.59 Å². The van der Waals surface area contributed by atoms with Crippen molar-refractivity contribution in [1.29, 1.82) is 0 Å². The first-order valence-corrected chi connectivity index (χ1v) is 7.99. The third-order valence-corrected chi connectivity index (χ3v) is 4.73. The molecule has 1 aliphatic heterocycles. The van der Waals surface area contributed by atoms with E-state index in [2.05, 4.69) is 11.6 Å². The molecule has 0 spiro atoms. The van der Waals surface area contributed by atoms with E-state index < -0.39 is 5.54 Å². The van der Waals surface area contributed by atoms with Crippen molar-refractivity contribution < 1.29 is 9.59 Å². The average molecular weight is 270 g/mol. The fourth-order valence-corrected chi connectivity index (χ4v) is 3.22. The summed E-state index contributed by atoms with van der Waals surface area (Å²) in [6, 6.07) is 0.147. The fourth-order valence-electron chi connectivity index (χ4n) is 2.65. The first-order valence-electron chi connectivity index (χ1n) is 6.60. The maximum atomic E-state index is 12.6. The van der Waals surface area contributed by atoms with Crippen LogP contribution in [0.3, 0.4) is 0 Å². The summed E-state index contributed by atoms with van der Waals surface area (Å²) in [5.41, 5.74) is -0.650. The topological polar surface area (TPSA) is 49.4 Å². The van der Waals surface area contributed by atoms with Crippen LogP contribution in [0.1, 0.15) is 33.1 Å². The Morgan fingerprint density at radius 3 is 2.72 bits per heavy atom. The van der Waals surface area contributed by atoms with Gasteiger partial charge in [-0.25, -0.2) is 0 Å². The summed E-state index contributed by atoms with van der Waals surface area (Å²) in [4.78, 5) is 26.2. The molecular formula is C13H22N2O2S. The van der Waals surface area contributed by atoms with E-state index in [4.69, 9.17) is 0 Å². The van der Waals surface area contributed by atoms with Crippen molar-refractivity contribution in [3.8, 4) is 0 Å². The molecule has 2 aliphatic rings. The minimum Gasteiger partial charge on any atom is -0.340 e. The molecule has 0 bridgehead atoms. The van der Waals surface area contributed by atoms with Crippen molar-refractivity contribution in [3.05, 3.63) is 0 Å². The summed E-state index contributed by atoms with van der Waals surface area (Å²) in [5.74, 6) is 1.45. The van der Waals surface area contributed by atoms with Crippen LogP contribution in [0.2, 0.25) is 0 Å². The number of amides is 2. The van der Waals surface area contributed by atoms with Gasteiger partial charge in [-0.3, -0.25) is 9.59 Å². The Morgan fingerprint density at radius 1 is 1.50 bits per heavy atom. The van der Waals surface area contributed by atoms with Gasteiger partial charge in [-0.1, -0.05) is 0 Å². The summed E-state index contributed by atoms with van der Waals surface area (Å²) in [6.45, 7) is 4.15. The molecule has 18 heavy (non-hydrogen) atoms. The van der Waals surface area contributed by atoms with Crippen molar-refractivity contribution >= 4 is 23.6 Å². The number of nitrogens with zero attached hydrogens (tertiary/aromatic N) is 1. The number of hydrogen-bond acceptors (Lipinski definition) is 3. The Hall–Kier alpha value is -0.710. The largest absolute Gasteiger partial charge is 0.340 e. The minimum absolute atomic E-state index is 0.0139. The summed E-state index contributed by atoms with van der Waals surface area (Å²) < 4.78 is 0. The highest BCUT2D eigenvalue weighted by Gasteiger charge is 2.53. The van der Waals surface area contributed by atoms with E-state index in [-0.39, 0.29) is 24.4 Å². The molecule has 2 fully saturated rings. The van der Waals surface area contributed by atoms with E-state index >= 15 is 0 Å². The van der Waals surface area contributed by atoms with Crippen LogP contribution in [0.5, 0.6) is 0 Å². The number of thioether (sulfide) groups is 1. The predicted octanol–water partition coefficient (Wildman–Crippen LogP) is 1.26. The molecule has 1 N–H and O–H groups in total. The molecule has 0 aromatic rings. The summed E-state index contributed by atoms with van der Waals surface area (Å²) >= 11 is 1.78. The van der Waals surface area contributed by atoms with Crippen molar-refractivity contribution in [1.82, 2.24) is 10.2 Å². The molecule has 2 atom stereocenters. The van der Waals surface area contributed by atoms with E-state index in [1.54, 1.807) is 16.7 Å². The van der Waals surface area contributed by atoms with Crippen LogP contribution in [0.25, 0.3) is 0 Å². The third-order valence-electron chi connectivity index (χ3n) is 4.08. The zero-order valence-electron chi connectivity index (χ0n) is 11.4. The molecule has 1 heterocycles. The van der Waals surface area contributed by atoms with E-state index in [0.29, 0.717) is 5.92 Å². The molecule has 1 aliphatic carbocycles. The van der Waals surface area contributed by atoms with E-state index in [1.807, 2.05) is 13.8 Å². The Morgan fingerprint density at radius 2 is 2.17 bits per heavy atom. The molecule has 5 heteroatoms. The number of rotatable bonds is 5. The van der Waals surface area contributed by atoms with Gasteiger partial charge in [0, 0.05) is 6.04 Å². The molecule has 1 saturated heterocycles. The summed E-state index contributed by atoms with van der Waals surface area (Å²) in [7, 11) is 0. The maximum Gasteiger partial charge on any atom is 0.249 e. The Bertz CT molecular complexity index is 357. The Balaban J connectivity index is 2.10. The second kappa shape index (κ2) is 5.11. The van der Waals surface area contributed by atoms with Gasteiger partial charge in [-0.05, 0) is 51.0 Å². The standard InChI is InChI=1S/C13H22N2O2S/c1-9(6-7-18-3)15-8-11(16)14-13(2,12(15)17)10-4-5-10/h9-10H,4-8H2,1-3H3,(H,14,16). The van der Waals surface area contributed by atoms with Gasteiger partial charge in [0.25, 0.3) is 0 Å². The van der Waals surface area contributed by atoms with Gasteiger partial charge >= 0.3 is 0 Å². The molecule has 0 radical (unpaired) electrons. The van der Waals surface area contributed by atoms with Gasteiger partial charge in [0.2, 0.25) is 11.8 Å². The van der Waals surface area contributed by atoms with Gasteiger partial charge in [-0.15, -0.1) is 0 Å². The molecule has 2 unspecified atom stereocenters. The molecule has 1 saturated carbocycles. The van der Waals surface area contributed by atoms with Crippen molar-refractivity contribution in [2.45, 2.75) is 44.7 Å². The molecular weight excluding hydrogens is 248 g/mol. The zero-order valence-corrected chi connectivity index (χ0v) is 12.2. The van der Waals surface area contributed by atoms with Crippen molar-refractivity contribution in [2.24, 2.45) is 5.92 Å². The molecule has 0 aromatic carbocycles. The van der Waals surface area contributed by atoms with Gasteiger partial charge in [-0.2, -0.15) is 11.8 Å². The normalized spacial score (nSPS) is 30.3. The van der Waals surface area contributed by atoms with Crippen LogP contribution in [0.15, 0.2) is 0 Å². The van der Waals surface area contributed by atoms with E-state index in [0.717, 1.165) is 25.0 Å². The van der Waals surface area contributed by atoms with Crippen LogP contribution >= 0.6 is 11.8 Å². The second-order valence-corrected chi connectivity index (χ2v) is 6.57. The lowest BCUT2D eigenvalue weighted by molar-refractivity contribution is -0.152. The van der Waals surface area contributed by atoms with Crippen LogP contribution in [-0.2, 0) is 9.59 Å². The molecule has 102 valence electrons. The van der Waals surface area contributed by atoms with Crippen molar-refractivity contribution in [2.75, 3.05) is 18.6 Å². The van der Waals surface area contributed by atoms with E-state index in [1.165, 1.54) is 0 Å². The quantitative estimate of drug-likeness (QED) is 0.818. The van der Waals surface area contributed by atoms with Crippen LogP contribution < -0.4 is 5.32 Å². The smallest absolute Gasteiger partial charge is 0.249 e. The van der Waals surface area contributed by atoms with Crippen LogP contribution in [0.4, 0.5) is 0 Å². The fraction of sp³-hybridized carbons (Fsp3) is 0.846. The average Bonchev–Trinajstić information content (AvgIpc) is 3.15. The number of carbonyl (C=O) groups excluding carboxylic acids is 2. The highest BCUT2D eigenvalue weighted by atomic mass is 32.2. The Kier molecular flexibility index (Phi) is 3.90. The van der Waals surface area contributed by atoms with Gasteiger partial charge in [0.1, 0.15) is 5.54 Å². The number of hydrogen-bond donors (Lipinski definition) is 1. The predicted molar refractivity (Wildman–Crippen MR) is 73.4 cm³/mol. The van der Waals surface area contributed by atoms with Crippen molar-refractivity contribution in [3.63, 3.8) is 0 Å². The highest BCUT2D eigenvalue weighted by Crippen LogP contribution is 2.41. The first kappa shape index (κ1) is 13.7. The van der Waals surface area contributed by atoms with Gasteiger partial charge in [0.15, 0.2) is 0 Å². The lowest BCUT2D eigenvalue weighted by atomic mass is 9.90. The zero-order chi connectivity index (χ0) is 13.3. The first-order chi connectivity index (χ1) is 8.49. The molecule has 2 amide bonds. The molecule has 4 nitrogen and oxygen atoms in total.